The third-order valence-corrected chi connectivity index (χ3v) is 5.75. The van der Waals surface area contributed by atoms with E-state index in [2.05, 4.69) is 13.8 Å². The van der Waals surface area contributed by atoms with Crippen molar-refractivity contribution in [2.45, 2.75) is 77.3 Å². The molecule has 7 heteroatoms. The van der Waals surface area contributed by atoms with Crippen molar-refractivity contribution in [2.24, 2.45) is 17.3 Å². The first-order chi connectivity index (χ1) is 12.1. The van der Waals surface area contributed by atoms with Gasteiger partial charge in [-0.25, -0.2) is 0 Å². The number of carbonyl (C=O) groups excluding carboxylic acids is 1. The van der Waals surface area contributed by atoms with Crippen molar-refractivity contribution in [1.82, 2.24) is 0 Å². The van der Waals surface area contributed by atoms with Gasteiger partial charge in [-0.15, -0.1) is 0 Å². The van der Waals surface area contributed by atoms with Crippen LogP contribution in [-0.2, 0) is 14.3 Å². The van der Waals surface area contributed by atoms with Gasteiger partial charge in [0.15, 0.2) is 6.29 Å². The first-order valence-electron chi connectivity index (χ1n) is 9.25. The second-order valence-electron chi connectivity index (χ2n) is 8.19. The Bertz CT molecular complexity index is 516. The fraction of sp³-hybridized carbons (Fsp3) is 0.842. The van der Waals surface area contributed by atoms with E-state index in [1.165, 1.54) is 0 Å². The largest absolute Gasteiger partial charge is 0.394 e. The Hall–Kier alpha value is -0.830. The van der Waals surface area contributed by atoms with E-state index in [0.717, 1.165) is 6.42 Å². The van der Waals surface area contributed by atoms with Crippen LogP contribution in [-0.4, -0.2) is 69.6 Å². The van der Waals surface area contributed by atoms with E-state index in [9.17, 15) is 25.2 Å². The minimum Gasteiger partial charge on any atom is -0.394 e. The van der Waals surface area contributed by atoms with Crippen molar-refractivity contribution < 1.29 is 34.7 Å². The Kier molecular flexibility index (Phi) is 6.98. The highest BCUT2D eigenvalue weighted by molar-refractivity contribution is 5.82. The van der Waals surface area contributed by atoms with Gasteiger partial charge in [0.1, 0.15) is 30.2 Å². The molecule has 0 spiro atoms. The molecule has 0 amide bonds. The monoisotopic (exact) mass is 372 g/mol. The Morgan fingerprint density at radius 3 is 2.54 bits per heavy atom. The molecule has 7 nitrogen and oxygen atoms in total. The maximum atomic E-state index is 12.0. The highest BCUT2D eigenvalue weighted by atomic mass is 16.7. The third kappa shape index (κ3) is 4.52. The lowest BCUT2D eigenvalue weighted by Gasteiger charge is -2.41. The van der Waals surface area contributed by atoms with Crippen LogP contribution in [0, 0.1) is 17.3 Å². The summed E-state index contributed by atoms with van der Waals surface area (Å²) in [6, 6.07) is 0. The molecule has 150 valence electrons. The topological polar surface area (TPSA) is 116 Å². The van der Waals surface area contributed by atoms with Gasteiger partial charge in [-0.2, -0.15) is 0 Å². The number of aliphatic hydroxyl groups is 4. The Morgan fingerprint density at radius 2 is 1.92 bits per heavy atom. The molecule has 0 radical (unpaired) electrons. The number of Topliss-reactive ketones (excluding diaryl/α,β-unsaturated/α-hetero) is 1. The molecule has 1 saturated heterocycles. The van der Waals surface area contributed by atoms with Crippen LogP contribution in [0.2, 0.25) is 0 Å². The highest BCUT2D eigenvalue weighted by Crippen LogP contribution is 2.43. The molecule has 0 aromatic rings. The Morgan fingerprint density at radius 1 is 1.27 bits per heavy atom. The van der Waals surface area contributed by atoms with Gasteiger partial charge in [0.05, 0.1) is 12.7 Å². The normalized spacial score (nSPS) is 42.2. The highest BCUT2D eigenvalue weighted by Gasteiger charge is 2.44. The molecule has 2 fully saturated rings. The maximum Gasteiger partial charge on any atom is 0.187 e. The zero-order valence-electron chi connectivity index (χ0n) is 15.9. The average Bonchev–Trinajstić information content (AvgIpc) is 2.58. The van der Waals surface area contributed by atoms with E-state index in [4.69, 9.17) is 9.47 Å². The van der Waals surface area contributed by atoms with Gasteiger partial charge in [-0.05, 0) is 24.7 Å². The number of ether oxygens (including phenoxy) is 2. The molecule has 8 atom stereocenters. The van der Waals surface area contributed by atoms with E-state index in [-0.39, 0.29) is 23.0 Å². The van der Waals surface area contributed by atoms with Crippen molar-refractivity contribution in [3.8, 4) is 0 Å². The first-order valence-corrected chi connectivity index (χ1v) is 9.25. The predicted molar refractivity (Wildman–Crippen MR) is 94.1 cm³/mol. The number of allylic oxidation sites excluding steroid dienone is 1. The Balaban J connectivity index is 2.01. The molecule has 0 bridgehead atoms. The van der Waals surface area contributed by atoms with E-state index >= 15 is 0 Å². The second-order valence-corrected chi connectivity index (χ2v) is 8.19. The lowest BCUT2D eigenvalue weighted by Crippen LogP contribution is -2.59. The molecule has 1 aliphatic carbocycles. The average molecular weight is 372 g/mol. The van der Waals surface area contributed by atoms with Gasteiger partial charge in [-0.1, -0.05) is 32.9 Å². The number of ketones is 1. The molecule has 1 saturated carbocycles. The molecular weight excluding hydrogens is 340 g/mol. The van der Waals surface area contributed by atoms with Crippen LogP contribution in [0.15, 0.2) is 12.2 Å². The standard InChI is InChI=1S/C19H32O7/c1-10(5-6-12-11(2)13(21)7-8-19(12,3)4)25-18-17(24)16(23)15(22)14(9-20)26-18/h5-6,10-12,14-18,20,22-24H,7-9H2,1-4H3/b6-5+/t10-,11+,12+,14-,15-,16+,17-,18-/m1/s1. The molecule has 1 aliphatic heterocycles. The Labute approximate surface area is 154 Å². The van der Waals surface area contributed by atoms with E-state index in [1.54, 1.807) is 6.92 Å². The summed E-state index contributed by atoms with van der Waals surface area (Å²) >= 11 is 0. The molecule has 2 rings (SSSR count). The molecule has 0 aromatic heterocycles. The maximum absolute atomic E-state index is 12.0. The van der Waals surface area contributed by atoms with Crippen LogP contribution in [0.1, 0.15) is 40.5 Å². The van der Waals surface area contributed by atoms with Crippen LogP contribution in [0.5, 0.6) is 0 Å². The molecule has 1 heterocycles. The summed E-state index contributed by atoms with van der Waals surface area (Å²) in [6.07, 6.45) is -1.64. The van der Waals surface area contributed by atoms with Gasteiger partial charge in [0.2, 0.25) is 0 Å². The molecule has 4 N–H and O–H groups in total. The molecule has 26 heavy (non-hydrogen) atoms. The minimum atomic E-state index is -1.46. The van der Waals surface area contributed by atoms with Gasteiger partial charge in [-0.3, -0.25) is 4.79 Å². The molecular formula is C19H32O7. The summed E-state index contributed by atoms with van der Waals surface area (Å²) in [5.74, 6) is 0.292. The van der Waals surface area contributed by atoms with Crippen LogP contribution < -0.4 is 0 Å². The smallest absolute Gasteiger partial charge is 0.187 e. The number of rotatable bonds is 5. The summed E-state index contributed by atoms with van der Waals surface area (Å²) in [5, 5.41) is 38.9. The van der Waals surface area contributed by atoms with Crippen molar-refractivity contribution in [3.63, 3.8) is 0 Å². The van der Waals surface area contributed by atoms with E-state index in [0.29, 0.717) is 6.42 Å². The van der Waals surface area contributed by atoms with Crippen molar-refractivity contribution in [1.29, 1.82) is 0 Å². The predicted octanol–water partition coefficient (Wildman–Crippen LogP) is 0.389. The van der Waals surface area contributed by atoms with Crippen molar-refractivity contribution >= 4 is 5.78 Å². The van der Waals surface area contributed by atoms with E-state index in [1.807, 2.05) is 19.1 Å². The zero-order chi connectivity index (χ0) is 19.6. The number of aliphatic hydroxyl groups excluding tert-OH is 4. The number of hydrogen-bond donors (Lipinski definition) is 4. The number of carbonyl (C=O) groups is 1. The van der Waals surface area contributed by atoms with Crippen LogP contribution in [0.25, 0.3) is 0 Å². The summed E-state index contributed by atoms with van der Waals surface area (Å²) in [6.45, 7) is 7.51. The van der Waals surface area contributed by atoms with Crippen LogP contribution in [0.4, 0.5) is 0 Å². The number of hydrogen-bond acceptors (Lipinski definition) is 7. The van der Waals surface area contributed by atoms with Gasteiger partial charge in [0.25, 0.3) is 0 Å². The van der Waals surface area contributed by atoms with Gasteiger partial charge < -0.3 is 29.9 Å². The van der Waals surface area contributed by atoms with Crippen molar-refractivity contribution in [3.05, 3.63) is 12.2 Å². The molecule has 0 unspecified atom stereocenters. The second kappa shape index (κ2) is 8.46. The fourth-order valence-corrected chi connectivity index (χ4v) is 3.86. The summed E-state index contributed by atoms with van der Waals surface area (Å²) in [7, 11) is 0. The third-order valence-electron chi connectivity index (χ3n) is 5.75. The quantitative estimate of drug-likeness (QED) is 0.516. The van der Waals surface area contributed by atoms with Crippen LogP contribution in [0.3, 0.4) is 0 Å². The van der Waals surface area contributed by atoms with Gasteiger partial charge in [0, 0.05) is 12.3 Å². The molecule has 2 aliphatic rings. The summed E-state index contributed by atoms with van der Waals surface area (Å²) in [5.41, 5.74) is 0.00663. The lowest BCUT2D eigenvalue weighted by molar-refractivity contribution is -0.306. The van der Waals surface area contributed by atoms with E-state index < -0.39 is 43.4 Å². The van der Waals surface area contributed by atoms with Crippen molar-refractivity contribution in [2.75, 3.05) is 6.61 Å². The first kappa shape index (κ1) is 21.5. The van der Waals surface area contributed by atoms with Gasteiger partial charge >= 0.3 is 0 Å². The molecule has 0 aromatic carbocycles. The lowest BCUT2D eigenvalue weighted by atomic mass is 9.63. The fourth-order valence-electron chi connectivity index (χ4n) is 3.86. The van der Waals surface area contributed by atoms with Crippen LogP contribution >= 0.6 is 0 Å². The summed E-state index contributed by atoms with van der Waals surface area (Å²) < 4.78 is 11.0. The summed E-state index contributed by atoms with van der Waals surface area (Å²) in [4.78, 5) is 12.0. The minimum absolute atomic E-state index is 0.00663. The zero-order valence-corrected chi connectivity index (χ0v) is 15.9. The SMILES string of the molecule is C[C@H](/C=C/[C@H]1[C@H](C)C(=O)CCC1(C)C)O[C@@H]1O[C@H](CO)[C@@H](O)[C@H](O)[C@H]1O.